The fraction of sp³-hybridized carbons (Fsp3) is 0.0526. The van der Waals surface area contributed by atoms with E-state index >= 15 is 0 Å². The van der Waals surface area contributed by atoms with Gasteiger partial charge in [0.05, 0.1) is 5.69 Å². The molecular weight excluding hydrogens is 298 g/mol. The summed E-state index contributed by atoms with van der Waals surface area (Å²) in [5, 5.41) is 12.7. The predicted octanol–water partition coefficient (Wildman–Crippen LogP) is 3.70. The Balaban J connectivity index is 1.72. The molecule has 0 N–H and O–H groups in total. The molecule has 2 heterocycles. The number of aromatic nitrogens is 5. The molecule has 0 aliphatic heterocycles. The van der Waals surface area contributed by atoms with Gasteiger partial charge in [0, 0.05) is 6.20 Å². The van der Waals surface area contributed by atoms with Crippen LogP contribution in [-0.2, 0) is 0 Å². The molecular formula is C19H15N5. The standard InChI is InChI=1S/C19H15N5/c1-14-7-2-3-10-17(14)15-8-6-9-16(13-15)24-22-19(21-23-24)18-11-4-5-12-20-18/h2-13H,1H3. The average Bonchev–Trinajstić information content (AvgIpc) is 3.13. The fourth-order valence-corrected chi connectivity index (χ4v) is 2.62. The maximum Gasteiger partial charge on any atom is 0.223 e. The zero-order valence-electron chi connectivity index (χ0n) is 13.2. The van der Waals surface area contributed by atoms with Crippen molar-refractivity contribution in [2.75, 3.05) is 0 Å². The zero-order chi connectivity index (χ0) is 16.4. The largest absolute Gasteiger partial charge is 0.253 e. The summed E-state index contributed by atoms with van der Waals surface area (Å²) in [6.45, 7) is 2.11. The second kappa shape index (κ2) is 6.04. The van der Waals surface area contributed by atoms with E-state index in [2.05, 4.69) is 51.6 Å². The molecule has 2 aromatic heterocycles. The number of rotatable bonds is 3. The lowest BCUT2D eigenvalue weighted by molar-refractivity contribution is 0.720. The van der Waals surface area contributed by atoms with Gasteiger partial charge in [0.2, 0.25) is 5.82 Å². The van der Waals surface area contributed by atoms with Crippen LogP contribution in [0.3, 0.4) is 0 Å². The Kier molecular flexibility index (Phi) is 3.59. The number of pyridine rings is 1. The molecule has 0 aliphatic carbocycles. The summed E-state index contributed by atoms with van der Waals surface area (Å²) in [6.07, 6.45) is 1.72. The molecule has 0 saturated heterocycles. The van der Waals surface area contributed by atoms with Crippen molar-refractivity contribution in [3.63, 3.8) is 0 Å². The van der Waals surface area contributed by atoms with E-state index in [9.17, 15) is 0 Å². The van der Waals surface area contributed by atoms with Crippen molar-refractivity contribution in [1.29, 1.82) is 0 Å². The Labute approximate surface area is 139 Å². The molecule has 0 spiro atoms. The van der Waals surface area contributed by atoms with Crippen LogP contribution < -0.4 is 0 Å². The molecule has 0 amide bonds. The van der Waals surface area contributed by atoms with Crippen LogP contribution in [0.4, 0.5) is 0 Å². The summed E-state index contributed by atoms with van der Waals surface area (Å²) in [5.74, 6) is 0.511. The molecule has 24 heavy (non-hydrogen) atoms. The molecule has 116 valence electrons. The molecule has 0 aliphatic rings. The second-order valence-corrected chi connectivity index (χ2v) is 5.48. The SMILES string of the molecule is Cc1ccccc1-c1cccc(-n2nnc(-c3ccccn3)n2)c1. The van der Waals surface area contributed by atoms with Crippen molar-refractivity contribution in [2.24, 2.45) is 0 Å². The first-order valence-corrected chi connectivity index (χ1v) is 7.69. The van der Waals surface area contributed by atoms with Crippen molar-refractivity contribution in [3.8, 4) is 28.3 Å². The van der Waals surface area contributed by atoms with E-state index in [1.807, 2.05) is 42.5 Å². The highest BCUT2D eigenvalue weighted by atomic mass is 15.6. The van der Waals surface area contributed by atoms with Crippen molar-refractivity contribution >= 4 is 0 Å². The first-order valence-electron chi connectivity index (χ1n) is 7.69. The summed E-state index contributed by atoms with van der Waals surface area (Å²) in [5.41, 5.74) is 5.13. The van der Waals surface area contributed by atoms with E-state index < -0.39 is 0 Å². The van der Waals surface area contributed by atoms with E-state index in [1.54, 1.807) is 6.20 Å². The number of tetrazole rings is 1. The van der Waals surface area contributed by atoms with E-state index in [-0.39, 0.29) is 0 Å². The Hall–Kier alpha value is -3.34. The summed E-state index contributed by atoms with van der Waals surface area (Å²) in [7, 11) is 0. The van der Waals surface area contributed by atoms with E-state index in [1.165, 1.54) is 15.9 Å². The fourth-order valence-electron chi connectivity index (χ4n) is 2.62. The van der Waals surface area contributed by atoms with Gasteiger partial charge in [0.25, 0.3) is 0 Å². The molecule has 0 atom stereocenters. The topological polar surface area (TPSA) is 56.5 Å². The normalized spacial score (nSPS) is 10.7. The van der Waals surface area contributed by atoms with E-state index in [0.717, 1.165) is 11.3 Å². The Morgan fingerprint density at radius 2 is 1.75 bits per heavy atom. The van der Waals surface area contributed by atoms with Gasteiger partial charge in [-0.3, -0.25) is 4.98 Å². The van der Waals surface area contributed by atoms with Gasteiger partial charge in [-0.15, -0.1) is 15.0 Å². The van der Waals surface area contributed by atoms with Crippen LogP contribution >= 0.6 is 0 Å². The maximum atomic E-state index is 4.44. The van der Waals surface area contributed by atoms with Crippen LogP contribution in [-0.4, -0.2) is 25.2 Å². The van der Waals surface area contributed by atoms with E-state index in [4.69, 9.17) is 0 Å². The first kappa shape index (κ1) is 14.3. The Morgan fingerprint density at radius 3 is 2.58 bits per heavy atom. The monoisotopic (exact) mass is 313 g/mol. The van der Waals surface area contributed by atoms with Gasteiger partial charge >= 0.3 is 0 Å². The minimum absolute atomic E-state index is 0.511. The Bertz CT molecular complexity index is 976. The van der Waals surface area contributed by atoms with Crippen LogP contribution in [0, 0.1) is 6.92 Å². The van der Waals surface area contributed by atoms with Gasteiger partial charge in [0.1, 0.15) is 5.69 Å². The van der Waals surface area contributed by atoms with Crippen molar-refractivity contribution in [3.05, 3.63) is 78.5 Å². The number of hydrogen-bond donors (Lipinski definition) is 0. The third-order valence-electron chi connectivity index (χ3n) is 3.84. The molecule has 0 fully saturated rings. The highest BCUT2D eigenvalue weighted by Crippen LogP contribution is 2.24. The van der Waals surface area contributed by atoms with Gasteiger partial charge in [-0.05, 0) is 53.1 Å². The van der Waals surface area contributed by atoms with Crippen molar-refractivity contribution in [2.45, 2.75) is 6.92 Å². The van der Waals surface area contributed by atoms with Crippen molar-refractivity contribution < 1.29 is 0 Å². The summed E-state index contributed by atoms with van der Waals surface area (Å²) in [6, 6.07) is 22.0. The maximum absolute atomic E-state index is 4.44. The second-order valence-electron chi connectivity index (χ2n) is 5.48. The molecule has 5 heteroatoms. The molecule has 4 rings (SSSR count). The zero-order valence-corrected chi connectivity index (χ0v) is 13.2. The summed E-state index contributed by atoms with van der Waals surface area (Å²) in [4.78, 5) is 5.79. The van der Waals surface area contributed by atoms with Crippen LogP contribution in [0.15, 0.2) is 72.9 Å². The van der Waals surface area contributed by atoms with Crippen LogP contribution in [0.5, 0.6) is 0 Å². The van der Waals surface area contributed by atoms with Gasteiger partial charge < -0.3 is 0 Å². The van der Waals surface area contributed by atoms with Crippen molar-refractivity contribution in [1.82, 2.24) is 25.2 Å². The minimum atomic E-state index is 0.511. The lowest BCUT2D eigenvalue weighted by Crippen LogP contribution is -1.99. The van der Waals surface area contributed by atoms with Crippen LogP contribution in [0.25, 0.3) is 28.3 Å². The van der Waals surface area contributed by atoms with Gasteiger partial charge in [-0.1, -0.05) is 42.5 Å². The third kappa shape index (κ3) is 2.67. The van der Waals surface area contributed by atoms with Gasteiger partial charge in [-0.2, -0.15) is 0 Å². The van der Waals surface area contributed by atoms with Crippen LogP contribution in [0.2, 0.25) is 0 Å². The lowest BCUT2D eigenvalue weighted by Gasteiger charge is -2.07. The van der Waals surface area contributed by atoms with Gasteiger partial charge in [0.15, 0.2) is 0 Å². The molecule has 0 radical (unpaired) electrons. The third-order valence-corrected chi connectivity index (χ3v) is 3.84. The number of hydrogen-bond acceptors (Lipinski definition) is 4. The molecule has 0 bridgehead atoms. The highest BCUT2D eigenvalue weighted by Gasteiger charge is 2.09. The Morgan fingerprint density at radius 1 is 0.875 bits per heavy atom. The minimum Gasteiger partial charge on any atom is -0.253 e. The predicted molar refractivity (Wildman–Crippen MR) is 92.6 cm³/mol. The average molecular weight is 313 g/mol. The molecule has 0 saturated carbocycles. The molecule has 5 nitrogen and oxygen atoms in total. The number of benzene rings is 2. The van der Waals surface area contributed by atoms with Crippen LogP contribution in [0.1, 0.15) is 5.56 Å². The number of nitrogens with zero attached hydrogens (tertiary/aromatic N) is 5. The molecule has 2 aromatic carbocycles. The molecule has 0 unspecified atom stereocenters. The van der Waals surface area contributed by atoms with Gasteiger partial charge in [-0.25, -0.2) is 0 Å². The number of aryl methyl sites for hydroxylation is 1. The molecule has 4 aromatic rings. The smallest absolute Gasteiger partial charge is 0.223 e. The quantitative estimate of drug-likeness (QED) is 0.578. The summed E-state index contributed by atoms with van der Waals surface area (Å²) >= 11 is 0. The summed E-state index contributed by atoms with van der Waals surface area (Å²) < 4.78 is 0. The lowest BCUT2D eigenvalue weighted by atomic mass is 10.0. The van der Waals surface area contributed by atoms with E-state index in [0.29, 0.717) is 11.5 Å². The first-order chi connectivity index (χ1) is 11.8. The highest BCUT2D eigenvalue weighted by molar-refractivity contribution is 5.69.